The number of rotatable bonds is 14. The molecular weight excluding hydrogens is 564 g/mol. The van der Waals surface area contributed by atoms with Crippen molar-refractivity contribution in [3.05, 3.63) is 137 Å². The summed E-state index contributed by atoms with van der Waals surface area (Å²) in [6.45, 7) is 6.26. The summed E-state index contributed by atoms with van der Waals surface area (Å²) < 4.78 is 5.89. The molecule has 4 aromatic carbocycles. The lowest BCUT2D eigenvalue weighted by Crippen LogP contribution is -2.33. The van der Waals surface area contributed by atoms with Gasteiger partial charge in [0.1, 0.15) is 11.8 Å². The number of aliphatic carboxylic acids is 1. The van der Waals surface area contributed by atoms with Crippen molar-refractivity contribution in [1.82, 2.24) is 0 Å². The van der Waals surface area contributed by atoms with Crippen LogP contribution in [-0.4, -0.2) is 42.0 Å². The molecule has 4 aromatic rings. The molecule has 7 nitrogen and oxygen atoms in total. The molecule has 0 saturated carbocycles. The van der Waals surface area contributed by atoms with Gasteiger partial charge in [-0.15, -0.1) is 0 Å². The average molecular weight is 597 g/mol. The van der Waals surface area contributed by atoms with Crippen molar-refractivity contribution in [3.8, 4) is 5.75 Å². The number of nitrogens with zero attached hydrogens (tertiary/aromatic N) is 1. The molecule has 0 saturated heterocycles. The van der Waals surface area contributed by atoms with Gasteiger partial charge in [-0.2, -0.15) is 0 Å². The van der Waals surface area contributed by atoms with Crippen LogP contribution in [0.15, 0.2) is 115 Å². The van der Waals surface area contributed by atoms with Crippen molar-refractivity contribution in [2.45, 2.75) is 25.8 Å². The van der Waals surface area contributed by atoms with E-state index in [4.69, 9.17) is 16.3 Å². The van der Waals surface area contributed by atoms with Gasteiger partial charge in [0.05, 0.1) is 6.61 Å². The number of benzene rings is 4. The Morgan fingerprint density at radius 1 is 0.907 bits per heavy atom. The molecule has 220 valence electrons. The second-order valence-corrected chi connectivity index (χ2v) is 10.5. The number of carboxylic acids is 1. The summed E-state index contributed by atoms with van der Waals surface area (Å²) in [4.78, 5) is 39.6. The minimum Gasteiger partial charge on any atom is -0.494 e. The zero-order valence-electron chi connectivity index (χ0n) is 23.8. The molecule has 0 aromatic heterocycles. The van der Waals surface area contributed by atoms with E-state index in [0.717, 1.165) is 11.3 Å². The molecule has 0 bridgehead atoms. The third kappa shape index (κ3) is 8.56. The van der Waals surface area contributed by atoms with Crippen LogP contribution >= 0.6 is 11.6 Å². The number of anilines is 2. The molecule has 0 spiro atoms. The highest BCUT2D eigenvalue weighted by Crippen LogP contribution is 2.23. The van der Waals surface area contributed by atoms with Gasteiger partial charge in [-0.05, 0) is 67.4 Å². The molecule has 1 unspecified atom stereocenters. The Morgan fingerprint density at radius 3 is 2.21 bits per heavy atom. The normalized spacial score (nSPS) is 11.3. The van der Waals surface area contributed by atoms with Gasteiger partial charge >= 0.3 is 5.97 Å². The summed E-state index contributed by atoms with van der Waals surface area (Å²) in [5.74, 6) is -0.751. The largest absolute Gasteiger partial charge is 0.494 e. The van der Waals surface area contributed by atoms with Crippen molar-refractivity contribution in [1.29, 1.82) is 0 Å². The standard InChI is InChI=1S/C35H33ClN2O5/c1-24(2)34(40)38(28-17-15-27(36)16-18-28)21-8-22-43-29-19-13-25(14-20-29)23-32(35(41)42)37-31-12-7-6-11-30(31)33(39)26-9-4-3-5-10-26/h3-7,9-20,32,37H,1,8,21-23H2,2H3,(H,41,42). The molecule has 0 aliphatic heterocycles. The quantitative estimate of drug-likeness (QED) is 0.0919. The first kappa shape index (κ1) is 31.1. The van der Waals surface area contributed by atoms with E-state index in [1.54, 1.807) is 96.8 Å². The molecule has 8 heteroatoms. The van der Waals surface area contributed by atoms with E-state index in [-0.39, 0.29) is 18.1 Å². The van der Waals surface area contributed by atoms with Gasteiger partial charge in [-0.3, -0.25) is 9.59 Å². The number of ether oxygens (including phenoxy) is 1. The Morgan fingerprint density at radius 2 is 1.56 bits per heavy atom. The monoisotopic (exact) mass is 596 g/mol. The van der Waals surface area contributed by atoms with Gasteiger partial charge in [-0.25, -0.2) is 4.79 Å². The predicted molar refractivity (Wildman–Crippen MR) is 170 cm³/mol. The lowest BCUT2D eigenvalue weighted by atomic mass is 10.00. The highest BCUT2D eigenvalue weighted by molar-refractivity contribution is 6.30. The lowest BCUT2D eigenvalue weighted by molar-refractivity contribution is -0.137. The number of halogens is 1. The number of carbonyl (C=O) groups excluding carboxylic acids is 2. The van der Waals surface area contributed by atoms with Crippen LogP contribution in [0.25, 0.3) is 0 Å². The van der Waals surface area contributed by atoms with Gasteiger partial charge < -0.3 is 20.1 Å². The van der Waals surface area contributed by atoms with Crippen molar-refractivity contribution < 1.29 is 24.2 Å². The number of ketones is 1. The van der Waals surface area contributed by atoms with Gasteiger partial charge in [-0.1, -0.05) is 72.8 Å². The molecule has 2 N–H and O–H groups in total. The SMILES string of the molecule is C=C(C)C(=O)N(CCCOc1ccc(CC(Nc2ccccc2C(=O)c2ccccc2)C(=O)O)cc1)c1ccc(Cl)cc1. The maximum Gasteiger partial charge on any atom is 0.326 e. The minimum atomic E-state index is -1.03. The number of hydrogen-bond acceptors (Lipinski definition) is 5. The van der Waals surface area contributed by atoms with Crippen LogP contribution < -0.4 is 15.0 Å². The van der Waals surface area contributed by atoms with E-state index in [2.05, 4.69) is 11.9 Å². The smallest absolute Gasteiger partial charge is 0.326 e. The van der Waals surface area contributed by atoms with Crippen LogP contribution in [0, 0.1) is 0 Å². The molecule has 0 fully saturated rings. The van der Waals surface area contributed by atoms with Gasteiger partial charge in [0.15, 0.2) is 5.78 Å². The van der Waals surface area contributed by atoms with Gasteiger partial charge in [0.2, 0.25) is 0 Å². The van der Waals surface area contributed by atoms with E-state index in [9.17, 15) is 19.5 Å². The molecule has 1 atom stereocenters. The zero-order valence-corrected chi connectivity index (χ0v) is 24.6. The molecule has 43 heavy (non-hydrogen) atoms. The third-order valence-electron chi connectivity index (χ3n) is 6.74. The number of amides is 1. The number of hydrogen-bond donors (Lipinski definition) is 2. The van der Waals surface area contributed by atoms with Gasteiger partial charge in [0, 0.05) is 46.1 Å². The van der Waals surface area contributed by atoms with Crippen LogP contribution in [0.3, 0.4) is 0 Å². The highest BCUT2D eigenvalue weighted by atomic mass is 35.5. The van der Waals surface area contributed by atoms with E-state index in [1.807, 2.05) is 18.2 Å². The fourth-order valence-electron chi connectivity index (χ4n) is 4.51. The Bertz CT molecular complexity index is 1570. The average Bonchev–Trinajstić information content (AvgIpc) is 3.02. The number of carbonyl (C=O) groups is 3. The van der Waals surface area contributed by atoms with Crippen LogP contribution in [0.1, 0.15) is 34.8 Å². The number of carboxylic acid groups (broad SMARTS) is 1. The van der Waals surface area contributed by atoms with Crippen LogP contribution in [-0.2, 0) is 16.0 Å². The topological polar surface area (TPSA) is 95.9 Å². The maximum absolute atomic E-state index is 13.1. The van der Waals surface area contributed by atoms with Crippen molar-refractivity contribution in [2.24, 2.45) is 0 Å². The lowest BCUT2D eigenvalue weighted by Gasteiger charge is -2.23. The maximum atomic E-state index is 13.1. The number of para-hydroxylation sites is 1. The summed E-state index contributed by atoms with van der Waals surface area (Å²) in [7, 11) is 0. The molecule has 1 amide bonds. The summed E-state index contributed by atoms with van der Waals surface area (Å²) in [5.41, 5.74) is 3.35. The first-order chi connectivity index (χ1) is 20.7. The summed E-state index contributed by atoms with van der Waals surface area (Å²) >= 11 is 6.00. The van der Waals surface area contributed by atoms with E-state index in [1.165, 1.54) is 0 Å². The minimum absolute atomic E-state index is 0.166. The highest BCUT2D eigenvalue weighted by Gasteiger charge is 2.21. The van der Waals surface area contributed by atoms with Crippen molar-refractivity contribution in [2.75, 3.05) is 23.4 Å². The third-order valence-corrected chi connectivity index (χ3v) is 6.99. The second-order valence-electron chi connectivity index (χ2n) is 10.0. The summed E-state index contributed by atoms with van der Waals surface area (Å²) in [6.07, 6.45) is 0.776. The first-order valence-corrected chi connectivity index (χ1v) is 14.2. The van der Waals surface area contributed by atoms with Crippen LogP contribution in [0.2, 0.25) is 5.02 Å². The van der Waals surface area contributed by atoms with Crippen molar-refractivity contribution in [3.63, 3.8) is 0 Å². The number of nitrogens with one attached hydrogen (secondary N) is 1. The molecule has 4 rings (SSSR count). The molecule has 0 radical (unpaired) electrons. The van der Waals surface area contributed by atoms with Gasteiger partial charge in [0.25, 0.3) is 5.91 Å². The Labute approximate surface area is 256 Å². The first-order valence-electron chi connectivity index (χ1n) is 13.9. The molecule has 0 aliphatic rings. The van der Waals surface area contributed by atoms with E-state index < -0.39 is 12.0 Å². The second kappa shape index (κ2) is 14.8. The Balaban J connectivity index is 1.35. The fraction of sp³-hybridized carbons (Fsp3) is 0.171. The molecule has 0 heterocycles. The van der Waals surface area contributed by atoms with Crippen molar-refractivity contribution >= 4 is 40.6 Å². The predicted octanol–water partition coefficient (Wildman–Crippen LogP) is 7.06. The molecule has 0 aliphatic carbocycles. The zero-order chi connectivity index (χ0) is 30.8. The summed E-state index contributed by atoms with van der Waals surface area (Å²) in [5, 5.41) is 13.6. The Hall–Kier alpha value is -4.88. The van der Waals surface area contributed by atoms with Crippen LogP contribution in [0.4, 0.5) is 11.4 Å². The van der Waals surface area contributed by atoms with E-state index >= 15 is 0 Å². The fourth-order valence-corrected chi connectivity index (χ4v) is 4.64. The van der Waals surface area contributed by atoms with E-state index in [0.29, 0.717) is 52.7 Å². The summed E-state index contributed by atoms with van der Waals surface area (Å²) in [6, 6.07) is 29.1. The van der Waals surface area contributed by atoms with Crippen LogP contribution in [0.5, 0.6) is 5.75 Å². The molecular formula is C35H33ClN2O5. The Kier molecular flexibility index (Phi) is 10.7.